The molecule has 0 saturated heterocycles. The van der Waals surface area contributed by atoms with Crippen LogP contribution < -0.4 is 10.6 Å². The molecule has 19 heavy (non-hydrogen) atoms. The van der Waals surface area contributed by atoms with Gasteiger partial charge < -0.3 is 15.7 Å². The summed E-state index contributed by atoms with van der Waals surface area (Å²) >= 11 is 1.59. The van der Waals surface area contributed by atoms with Gasteiger partial charge in [0.05, 0.1) is 5.39 Å². The van der Waals surface area contributed by atoms with Crippen molar-refractivity contribution in [3.63, 3.8) is 0 Å². The Morgan fingerprint density at radius 2 is 2.26 bits per heavy atom. The van der Waals surface area contributed by atoms with Crippen molar-refractivity contribution < 1.29 is 5.11 Å². The first-order valence-electron chi connectivity index (χ1n) is 6.68. The first kappa shape index (κ1) is 12.6. The molecule has 3 N–H and O–H groups in total. The number of thiophene rings is 1. The first-order valence-corrected chi connectivity index (χ1v) is 7.56. The lowest BCUT2D eigenvalue weighted by molar-refractivity contribution is 0.282. The third-order valence-corrected chi connectivity index (χ3v) is 4.47. The van der Waals surface area contributed by atoms with E-state index in [2.05, 4.69) is 20.9 Å². The van der Waals surface area contributed by atoms with Gasteiger partial charge in [-0.15, -0.1) is 11.3 Å². The summed E-state index contributed by atoms with van der Waals surface area (Å²) in [5.74, 6) is 1.26. The monoisotopic (exact) mass is 278 g/mol. The summed E-state index contributed by atoms with van der Waals surface area (Å²) in [6, 6.07) is 2.59. The number of nitrogens with zero attached hydrogens (tertiary/aromatic N) is 3. The minimum Gasteiger partial charge on any atom is -0.396 e. The maximum Gasteiger partial charge on any atom is 0.223 e. The van der Waals surface area contributed by atoms with Gasteiger partial charge in [-0.1, -0.05) is 0 Å². The molecule has 0 amide bonds. The molecule has 0 aliphatic heterocycles. The summed E-state index contributed by atoms with van der Waals surface area (Å²) in [5, 5.41) is 12.2. The molecule has 1 fully saturated rings. The van der Waals surface area contributed by atoms with Crippen molar-refractivity contribution in [2.75, 3.05) is 23.8 Å². The van der Waals surface area contributed by atoms with Crippen molar-refractivity contribution in [3.05, 3.63) is 11.4 Å². The summed E-state index contributed by atoms with van der Waals surface area (Å²) < 4.78 is 0. The average molecular weight is 278 g/mol. The lowest BCUT2D eigenvalue weighted by Gasteiger charge is -2.38. The van der Waals surface area contributed by atoms with E-state index in [0.29, 0.717) is 12.0 Å². The number of fused-ring (bicyclic) bond motifs is 1. The SMILES string of the molecule is Nc1nc(N(CCCO)C2CCC2)c2ccsc2n1. The zero-order valence-corrected chi connectivity index (χ0v) is 11.6. The lowest BCUT2D eigenvalue weighted by Crippen LogP contribution is -2.41. The Kier molecular flexibility index (Phi) is 3.52. The predicted octanol–water partition coefficient (Wildman–Crippen LogP) is 2.01. The second-order valence-corrected chi connectivity index (χ2v) is 5.79. The third-order valence-electron chi connectivity index (χ3n) is 3.67. The molecule has 1 aliphatic rings. The average Bonchev–Trinajstić information content (AvgIpc) is 2.78. The lowest BCUT2D eigenvalue weighted by atomic mass is 9.91. The summed E-state index contributed by atoms with van der Waals surface area (Å²) in [7, 11) is 0. The third kappa shape index (κ3) is 2.37. The number of aliphatic hydroxyl groups is 1. The molecule has 102 valence electrons. The number of hydrogen-bond acceptors (Lipinski definition) is 6. The summed E-state index contributed by atoms with van der Waals surface area (Å²) in [4.78, 5) is 12.0. The molecule has 2 aromatic rings. The molecule has 1 aliphatic carbocycles. The summed E-state index contributed by atoms with van der Waals surface area (Å²) in [6.45, 7) is 1.03. The number of nitrogens with two attached hydrogens (primary N) is 1. The zero-order chi connectivity index (χ0) is 13.2. The maximum atomic E-state index is 9.08. The summed E-state index contributed by atoms with van der Waals surface area (Å²) in [5.41, 5.74) is 5.82. The normalized spacial score (nSPS) is 15.6. The highest BCUT2D eigenvalue weighted by molar-refractivity contribution is 7.16. The van der Waals surface area contributed by atoms with Crippen molar-refractivity contribution in [2.24, 2.45) is 0 Å². The number of nitrogen functional groups attached to an aromatic ring is 1. The number of hydrogen-bond donors (Lipinski definition) is 2. The smallest absolute Gasteiger partial charge is 0.223 e. The fraction of sp³-hybridized carbons (Fsp3) is 0.538. The van der Waals surface area contributed by atoms with E-state index < -0.39 is 0 Å². The molecule has 0 unspecified atom stereocenters. The van der Waals surface area contributed by atoms with E-state index in [1.54, 1.807) is 11.3 Å². The fourth-order valence-corrected chi connectivity index (χ4v) is 3.24. The molecule has 0 aromatic carbocycles. The van der Waals surface area contributed by atoms with Crippen LogP contribution in [0.3, 0.4) is 0 Å². The second kappa shape index (κ2) is 5.30. The van der Waals surface area contributed by atoms with Gasteiger partial charge in [-0.3, -0.25) is 0 Å². The van der Waals surface area contributed by atoms with E-state index >= 15 is 0 Å². The van der Waals surface area contributed by atoms with Gasteiger partial charge >= 0.3 is 0 Å². The quantitative estimate of drug-likeness (QED) is 0.875. The Bertz CT molecular complexity index is 567. The molecule has 6 heteroatoms. The van der Waals surface area contributed by atoms with Crippen LogP contribution >= 0.6 is 11.3 Å². The van der Waals surface area contributed by atoms with Crippen molar-refractivity contribution in [1.82, 2.24) is 9.97 Å². The summed E-state index contributed by atoms with van der Waals surface area (Å²) in [6.07, 6.45) is 4.42. The van der Waals surface area contributed by atoms with Crippen LogP contribution in [0.15, 0.2) is 11.4 Å². The standard InChI is InChI=1S/C13H18N4OS/c14-13-15-11(10-5-8-19-12(10)16-13)17(6-2-7-18)9-3-1-4-9/h5,8-9,18H,1-4,6-7H2,(H2,14,15,16). The van der Waals surface area contributed by atoms with Crippen LogP contribution in [-0.4, -0.2) is 34.3 Å². The van der Waals surface area contributed by atoms with Crippen LogP contribution in [0.2, 0.25) is 0 Å². The molecule has 0 atom stereocenters. The van der Waals surface area contributed by atoms with E-state index in [0.717, 1.165) is 29.0 Å². The topological polar surface area (TPSA) is 75.3 Å². The zero-order valence-electron chi connectivity index (χ0n) is 10.7. The van der Waals surface area contributed by atoms with Gasteiger partial charge in [0.1, 0.15) is 10.6 Å². The Balaban J connectivity index is 2.00. The van der Waals surface area contributed by atoms with Gasteiger partial charge in [-0.2, -0.15) is 4.98 Å². The Labute approximate surface area is 116 Å². The van der Waals surface area contributed by atoms with Crippen LogP contribution in [0.4, 0.5) is 11.8 Å². The molecule has 0 radical (unpaired) electrons. The number of aliphatic hydroxyl groups excluding tert-OH is 1. The highest BCUT2D eigenvalue weighted by atomic mass is 32.1. The Morgan fingerprint density at radius 3 is 2.95 bits per heavy atom. The van der Waals surface area contributed by atoms with Crippen molar-refractivity contribution in [1.29, 1.82) is 0 Å². The Hall–Kier alpha value is -1.40. The molecule has 2 aromatic heterocycles. The molecule has 0 spiro atoms. The number of aromatic nitrogens is 2. The van der Waals surface area contributed by atoms with Gasteiger partial charge in [-0.25, -0.2) is 4.98 Å². The predicted molar refractivity (Wildman–Crippen MR) is 78.5 cm³/mol. The van der Waals surface area contributed by atoms with Gasteiger partial charge in [0.25, 0.3) is 0 Å². The van der Waals surface area contributed by atoms with E-state index in [-0.39, 0.29) is 6.61 Å². The Morgan fingerprint density at radius 1 is 1.42 bits per heavy atom. The van der Waals surface area contributed by atoms with Crippen LogP contribution in [0.1, 0.15) is 25.7 Å². The van der Waals surface area contributed by atoms with E-state index in [1.165, 1.54) is 19.3 Å². The highest BCUT2D eigenvalue weighted by Gasteiger charge is 2.27. The molecular formula is C13H18N4OS. The van der Waals surface area contributed by atoms with E-state index in [4.69, 9.17) is 10.8 Å². The second-order valence-electron chi connectivity index (χ2n) is 4.90. The first-order chi connectivity index (χ1) is 9.29. The molecule has 2 heterocycles. The van der Waals surface area contributed by atoms with Gasteiger partial charge in [0.15, 0.2) is 0 Å². The van der Waals surface area contributed by atoms with E-state index in [1.807, 2.05) is 5.38 Å². The van der Waals surface area contributed by atoms with Crippen molar-refractivity contribution in [2.45, 2.75) is 31.7 Å². The molecule has 1 saturated carbocycles. The van der Waals surface area contributed by atoms with Crippen LogP contribution in [0, 0.1) is 0 Å². The van der Waals surface area contributed by atoms with E-state index in [9.17, 15) is 0 Å². The molecule has 0 bridgehead atoms. The minimum atomic E-state index is 0.205. The van der Waals surface area contributed by atoms with Crippen LogP contribution in [0.5, 0.6) is 0 Å². The van der Waals surface area contributed by atoms with Crippen LogP contribution in [0.25, 0.3) is 10.2 Å². The fourth-order valence-electron chi connectivity index (χ4n) is 2.48. The van der Waals surface area contributed by atoms with Crippen LogP contribution in [-0.2, 0) is 0 Å². The highest BCUT2D eigenvalue weighted by Crippen LogP contribution is 2.34. The molecule has 5 nitrogen and oxygen atoms in total. The minimum absolute atomic E-state index is 0.205. The number of anilines is 2. The van der Waals surface area contributed by atoms with Gasteiger partial charge in [0, 0.05) is 19.2 Å². The molecule has 3 rings (SSSR count). The largest absolute Gasteiger partial charge is 0.396 e. The number of rotatable bonds is 5. The maximum absolute atomic E-state index is 9.08. The van der Waals surface area contributed by atoms with Crippen molar-refractivity contribution >= 4 is 33.3 Å². The molecular weight excluding hydrogens is 260 g/mol. The van der Waals surface area contributed by atoms with Gasteiger partial charge in [0.2, 0.25) is 5.95 Å². The van der Waals surface area contributed by atoms with Crippen molar-refractivity contribution in [3.8, 4) is 0 Å². The van der Waals surface area contributed by atoms with Gasteiger partial charge in [-0.05, 0) is 37.1 Å².